The van der Waals surface area contributed by atoms with Crippen LogP contribution in [0.25, 0.3) is 0 Å². The summed E-state index contributed by atoms with van der Waals surface area (Å²) < 4.78 is 2.00. The molecule has 3 nitrogen and oxygen atoms in total. The Bertz CT molecular complexity index is 358. The first kappa shape index (κ1) is 13.6. The van der Waals surface area contributed by atoms with Crippen LogP contribution in [0.5, 0.6) is 0 Å². The van der Waals surface area contributed by atoms with Crippen molar-refractivity contribution in [1.29, 1.82) is 0 Å². The first-order valence-electron chi connectivity index (χ1n) is 7.46. The zero-order chi connectivity index (χ0) is 13.0. The van der Waals surface area contributed by atoms with Crippen molar-refractivity contribution in [2.45, 2.75) is 59.0 Å². The number of nitrogens with zero attached hydrogens (tertiary/aromatic N) is 2. The summed E-state index contributed by atoms with van der Waals surface area (Å²) in [5, 5.41) is 8.03. The highest BCUT2D eigenvalue weighted by atomic mass is 15.3. The van der Waals surface area contributed by atoms with E-state index in [4.69, 9.17) is 0 Å². The molecule has 1 heterocycles. The lowest BCUT2D eigenvalue weighted by atomic mass is 9.80. The number of nitrogens with one attached hydrogen (secondary N) is 1. The Labute approximate surface area is 111 Å². The van der Waals surface area contributed by atoms with Gasteiger partial charge < -0.3 is 5.32 Å². The third-order valence-electron chi connectivity index (χ3n) is 4.45. The van der Waals surface area contributed by atoms with Gasteiger partial charge in [-0.05, 0) is 38.6 Å². The molecule has 0 spiro atoms. The van der Waals surface area contributed by atoms with Crippen molar-refractivity contribution in [2.75, 3.05) is 6.54 Å². The van der Waals surface area contributed by atoms with Gasteiger partial charge in [0, 0.05) is 24.3 Å². The molecule has 3 heteroatoms. The molecule has 3 unspecified atom stereocenters. The molecule has 2 rings (SSSR count). The standard InChI is InChI=1S/C15H27N3/c1-4-18-11-15(10-17-18)13(3)16-9-14-8-6-5-7-12(14)2/h10-14,16H,4-9H2,1-3H3. The van der Waals surface area contributed by atoms with Crippen LogP contribution in [0.2, 0.25) is 0 Å². The molecule has 1 N–H and O–H groups in total. The molecule has 0 radical (unpaired) electrons. The van der Waals surface area contributed by atoms with Gasteiger partial charge in [-0.15, -0.1) is 0 Å². The summed E-state index contributed by atoms with van der Waals surface area (Å²) in [6.45, 7) is 8.88. The van der Waals surface area contributed by atoms with E-state index in [2.05, 4.69) is 37.4 Å². The number of aryl methyl sites for hydroxylation is 1. The van der Waals surface area contributed by atoms with Crippen LogP contribution < -0.4 is 5.32 Å². The van der Waals surface area contributed by atoms with Gasteiger partial charge in [0.25, 0.3) is 0 Å². The van der Waals surface area contributed by atoms with Crippen LogP contribution in [-0.4, -0.2) is 16.3 Å². The van der Waals surface area contributed by atoms with Gasteiger partial charge in [-0.3, -0.25) is 4.68 Å². The number of aromatic nitrogens is 2. The Morgan fingerprint density at radius 1 is 1.44 bits per heavy atom. The zero-order valence-corrected chi connectivity index (χ0v) is 12.0. The van der Waals surface area contributed by atoms with Crippen LogP contribution >= 0.6 is 0 Å². The van der Waals surface area contributed by atoms with E-state index in [0.717, 1.165) is 24.9 Å². The summed E-state index contributed by atoms with van der Waals surface area (Å²) in [6, 6.07) is 0.416. The molecule has 1 aromatic rings. The molecule has 1 fully saturated rings. The van der Waals surface area contributed by atoms with Crippen LogP contribution in [0.15, 0.2) is 12.4 Å². The number of hydrogen-bond acceptors (Lipinski definition) is 2. The summed E-state index contributed by atoms with van der Waals surface area (Å²) in [4.78, 5) is 0. The van der Waals surface area contributed by atoms with E-state index < -0.39 is 0 Å². The first-order valence-corrected chi connectivity index (χ1v) is 7.46. The smallest absolute Gasteiger partial charge is 0.0537 e. The summed E-state index contributed by atoms with van der Waals surface area (Å²) >= 11 is 0. The van der Waals surface area contributed by atoms with Crippen LogP contribution in [0.3, 0.4) is 0 Å². The maximum absolute atomic E-state index is 4.34. The monoisotopic (exact) mass is 249 g/mol. The summed E-state index contributed by atoms with van der Waals surface area (Å²) in [6.07, 6.45) is 9.80. The molecule has 0 saturated heterocycles. The van der Waals surface area contributed by atoms with Gasteiger partial charge in [0.05, 0.1) is 6.20 Å². The Balaban J connectivity index is 1.81. The van der Waals surface area contributed by atoms with Crippen molar-refractivity contribution >= 4 is 0 Å². The van der Waals surface area contributed by atoms with Gasteiger partial charge in [0.1, 0.15) is 0 Å². The molecule has 3 atom stereocenters. The normalized spacial score (nSPS) is 26.2. The average Bonchev–Trinajstić information content (AvgIpc) is 2.86. The third kappa shape index (κ3) is 3.35. The Hall–Kier alpha value is -0.830. The van der Waals surface area contributed by atoms with Crippen LogP contribution in [0.4, 0.5) is 0 Å². The van der Waals surface area contributed by atoms with E-state index in [1.165, 1.54) is 31.2 Å². The third-order valence-corrected chi connectivity index (χ3v) is 4.45. The predicted molar refractivity (Wildman–Crippen MR) is 75.4 cm³/mol. The fourth-order valence-electron chi connectivity index (χ4n) is 2.92. The number of hydrogen-bond donors (Lipinski definition) is 1. The molecule has 0 aliphatic heterocycles. The van der Waals surface area contributed by atoms with Gasteiger partial charge in [0.2, 0.25) is 0 Å². The van der Waals surface area contributed by atoms with Crippen molar-refractivity contribution in [3.63, 3.8) is 0 Å². The molecule has 18 heavy (non-hydrogen) atoms. The lowest BCUT2D eigenvalue weighted by Gasteiger charge is -2.30. The van der Waals surface area contributed by atoms with Crippen LogP contribution in [0, 0.1) is 11.8 Å². The second-order valence-electron chi connectivity index (χ2n) is 5.78. The van der Waals surface area contributed by atoms with E-state index in [1.54, 1.807) is 0 Å². The second kappa shape index (κ2) is 6.37. The summed E-state index contributed by atoms with van der Waals surface area (Å²) in [5.41, 5.74) is 1.31. The lowest BCUT2D eigenvalue weighted by Crippen LogP contribution is -2.30. The van der Waals surface area contributed by atoms with Gasteiger partial charge in [-0.1, -0.05) is 26.2 Å². The van der Waals surface area contributed by atoms with Crippen molar-refractivity contribution in [1.82, 2.24) is 15.1 Å². The molecular weight excluding hydrogens is 222 g/mol. The summed E-state index contributed by atoms with van der Waals surface area (Å²) in [5.74, 6) is 1.75. The zero-order valence-electron chi connectivity index (χ0n) is 12.0. The highest BCUT2D eigenvalue weighted by Gasteiger charge is 2.21. The van der Waals surface area contributed by atoms with Crippen molar-refractivity contribution in [3.05, 3.63) is 18.0 Å². The van der Waals surface area contributed by atoms with E-state index in [0.29, 0.717) is 6.04 Å². The molecule has 0 amide bonds. The molecule has 0 bridgehead atoms. The van der Waals surface area contributed by atoms with Crippen molar-refractivity contribution in [2.24, 2.45) is 11.8 Å². The molecule has 0 aromatic carbocycles. The predicted octanol–water partition coefficient (Wildman–Crippen LogP) is 3.38. The Morgan fingerprint density at radius 3 is 2.89 bits per heavy atom. The molecule has 1 saturated carbocycles. The lowest BCUT2D eigenvalue weighted by molar-refractivity contribution is 0.242. The van der Waals surface area contributed by atoms with Crippen LogP contribution in [0.1, 0.15) is 58.1 Å². The van der Waals surface area contributed by atoms with Crippen molar-refractivity contribution in [3.8, 4) is 0 Å². The molecule has 1 aliphatic rings. The second-order valence-corrected chi connectivity index (χ2v) is 5.78. The summed E-state index contributed by atoms with van der Waals surface area (Å²) in [7, 11) is 0. The average molecular weight is 249 g/mol. The highest BCUT2D eigenvalue weighted by molar-refractivity contribution is 5.09. The fourth-order valence-corrected chi connectivity index (χ4v) is 2.92. The molecule has 102 valence electrons. The quantitative estimate of drug-likeness (QED) is 0.867. The Morgan fingerprint density at radius 2 is 2.22 bits per heavy atom. The Kier molecular flexibility index (Phi) is 4.81. The van der Waals surface area contributed by atoms with E-state index in [-0.39, 0.29) is 0 Å². The maximum Gasteiger partial charge on any atom is 0.0537 e. The minimum Gasteiger partial charge on any atom is -0.310 e. The minimum atomic E-state index is 0.416. The number of rotatable bonds is 5. The van der Waals surface area contributed by atoms with E-state index >= 15 is 0 Å². The molecule has 1 aliphatic carbocycles. The highest BCUT2D eigenvalue weighted by Crippen LogP contribution is 2.29. The van der Waals surface area contributed by atoms with E-state index in [1.807, 2.05) is 10.9 Å². The van der Waals surface area contributed by atoms with Gasteiger partial charge in [-0.2, -0.15) is 5.10 Å². The van der Waals surface area contributed by atoms with Crippen molar-refractivity contribution < 1.29 is 0 Å². The van der Waals surface area contributed by atoms with Gasteiger partial charge in [0.15, 0.2) is 0 Å². The van der Waals surface area contributed by atoms with Crippen LogP contribution in [-0.2, 0) is 6.54 Å². The fraction of sp³-hybridized carbons (Fsp3) is 0.800. The van der Waals surface area contributed by atoms with Gasteiger partial charge >= 0.3 is 0 Å². The molecular formula is C15H27N3. The van der Waals surface area contributed by atoms with E-state index in [9.17, 15) is 0 Å². The topological polar surface area (TPSA) is 29.9 Å². The largest absolute Gasteiger partial charge is 0.310 e. The SMILES string of the molecule is CCn1cc(C(C)NCC2CCCCC2C)cn1. The minimum absolute atomic E-state index is 0.416. The maximum atomic E-state index is 4.34. The first-order chi connectivity index (χ1) is 8.70. The molecule has 1 aromatic heterocycles. The van der Waals surface area contributed by atoms with Gasteiger partial charge in [-0.25, -0.2) is 0 Å².